The van der Waals surface area contributed by atoms with Crippen molar-refractivity contribution in [3.05, 3.63) is 60.8 Å². The van der Waals surface area contributed by atoms with Crippen molar-refractivity contribution >= 4 is 19.8 Å². The Kier molecular flexibility index (Phi) is 33.9. The normalized spacial score (nSPS) is 14.3. The average Bonchev–Trinajstić information content (AvgIpc) is 3.10. The first-order chi connectivity index (χ1) is 25.5. The van der Waals surface area contributed by atoms with Crippen molar-refractivity contribution in [2.45, 2.75) is 155 Å². The van der Waals surface area contributed by atoms with Gasteiger partial charge in [0.2, 0.25) is 0 Å². The SMILES string of the molecule is CCCCC/C=C\C/C=C\C/C=C\C/C=C\CCCC(=O)OC[C@H](COP(=O)(O)OCC[N+](C)(C)C)OC(=O)CCCCCCC/C=C\CCCCC. The van der Waals surface area contributed by atoms with Crippen LogP contribution in [0.15, 0.2) is 60.8 Å². The van der Waals surface area contributed by atoms with Gasteiger partial charge in [-0.05, 0) is 77.0 Å². The number of hydrogen-bond acceptors (Lipinski definition) is 7. The fourth-order valence-electron chi connectivity index (χ4n) is 5.00. The number of nitrogens with zero attached hydrogens (tertiary/aromatic N) is 1. The molecule has 0 radical (unpaired) electrons. The van der Waals surface area contributed by atoms with Crippen molar-refractivity contribution in [3.8, 4) is 0 Å². The number of hydrogen-bond donors (Lipinski definition) is 1. The van der Waals surface area contributed by atoms with Gasteiger partial charge in [-0.2, -0.15) is 0 Å². The number of carbonyl (C=O) groups excluding carboxylic acids is 2. The zero-order valence-electron chi connectivity index (χ0n) is 34.2. The van der Waals surface area contributed by atoms with Gasteiger partial charge in [-0.3, -0.25) is 18.6 Å². The van der Waals surface area contributed by atoms with Gasteiger partial charge in [0.1, 0.15) is 19.8 Å². The molecule has 9 nitrogen and oxygen atoms in total. The summed E-state index contributed by atoms with van der Waals surface area (Å²) in [5, 5.41) is 0. The van der Waals surface area contributed by atoms with Gasteiger partial charge >= 0.3 is 19.8 Å². The van der Waals surface area contributed by atoms with Gasteiger partial charge in [-0.25, -0.2) is 4.57 Å². The third-order valence-electron chi connectivity index (χ3n) is 8.27. The summed E-state index contributed by atoms with van der Waals surface area (Å²) in [5.74, 6) is -0.881. The molecule has 0 aromatic heterocycles. The zero-order chi connectivity index (χ0) is 39.3. The molecule has 0 heterocycles. The fourth-order valence-corrected chi connectivity index (χ4v) is 5.74. The third kappa shape index (κ3) is 39.2. The lowest BCUT2D eigenvalue weighted by Gasteiger charge is -2.24. The van der Waals surface area contributed by atoms with Crippen molar-refractivity contribution in [2.24, 2.45) is 0 Å². The Morgan fingerprint density at radius 1 is 0.585 bits per heavy atom. The first-order valence-corrected chi connectivity index (χ1v) is 22.0. The molecular formula is C43H77NO8P+. The van der Waals surface area contributed by atoms with Crippen LogP contribution in [0.4, 0.5) is 0 Å². The number of rotatable bonds is 36. The molecular weight excluding hydrogens is 689 g/mol. The topological polar surface area (TPSA) is 108 Å². The highest BCUT2D eigenvalue weighted by Gasteiger charge is 2.27. The number of ether oxygens (including phenoxy) is 2. The average molecular weight is 767 g/mol. The van der Waals surface area contributed by atoms with E-state index in [9.17, 15) is 19.0 Å². The molecule has 2 atom stereocenters. The van der Waals surface area contributed by atoms with Crippen molar-refractivity contribution in [1.29, 1.82) is 0 Å². The maximum Gasteiger partial charge on any atom is 0.472 e. The van der Waals surface area contributed by atoms with E-state index in [2.05, 4.69) is 74.6 Å². The summed E-state index contributed by atoms with van der Waals surface area (Å²) in [6.07, 6.45) is 41.3. The van der Waals surface area contributed by atoms with E-state index in [-0.39, 0.29) is 26.1 Å². The number of phosphoric acid groups is 1. The van der Waals surface area contributed by atoms with E-state index in [0.29, 0.717) is 23.9 Å². The molecule has 53 heavy (non-hydrogen) atoms. The lowest BCUT2D eigenvalue weighted by Crippen LogP contribution is -2.37. The standard InChI is InChI=1S/C43H76NO8P/c1-6-8-10-12-14-16-18-20-21-22-23-24-26-27-29-31-33-35-42(45)49-39-41(40-51-53(47,48)50-38-37-44(3,4)5)52-43(46)36-34-32-30-28-25-19-17-15-13-11-9-7-2/h14-17,20-21,23-24,27,29,41H,6-13,18-19,22,25-26,28,30-40H2,1-5H3/p+1/b16-14-,17-15-,21-20-,24-23-,29-27-/t41-/m1/s1. The molecule has 0 aliphatic rings. The number of allylic oxidation sites excluding steroid dienone is 10. The number of esters is 2. The van der Waals surface area contributed by atoms with Crippen molar-refractivity contribution < 1.29 is 42.1 Å². The van der Waals surface area contributed by atoms with Gasteiger partial charge in [0.05, 0.1) is 27.7 Å². The molecule has 0 aliphatic heterocycles. The number of unbranched alkanes of at least 4 members (excludes halogenated alkanes) is 12. The minimum atomic E-state index is -4.39. The third-order valence-corrected chi connectivity index (χ3v) is 9.25. The van der Waals surface area contributed by atoms with Gasteiger partial charge in [0.15, 0.2) is 6.10 Å². The number of likely N-dealkylation sites (N-methyl/N-ethyl adjacent to an activating group) is 1. The molecule has 0 saturated heterocycles. The maximum atomic E-state index is 12.6. The van der Waals surface area contributed by atoms with E-state index in [4.69, 9.17) is 18.5 Å². The molecule has 0 saturated carbocycles. The Hall–Kier alpha value is -2.29. The molecule has 0 aromatic carbocycles. The van der Waals surface area contributed by atoms with Crippen LogP contribution < -0.4 is 0 Å². The van der Waals surface area contributed by atoms with Crippen LogP contribution in [-0.4, -0.2) is 74.9 Å². The molecule has 10 heteroatoms. The van der Waals surface area contributed by atoms with Crippen LogP contribution in [0, 0.1) is 0 Å². The molecule has 1 N–H and O–H groups in total. The molecule has 0 aromatic rings. The summed E-state index contributed by atoms with van der Waals surface area (Å²) in [5.41, 5.74) is 0. The van der Waals surface area contributed by atoms with Gasteiger partial charge in [-0.1, -0.05) is 120 Å². The summed E-state index contributed by atoms with van der Waals surface area (Å²) in [6, 6.07) is 0. The maximum absolute atomic E-state index is 12.6. The Labute approximate surface area is 324 Å². The second kappa shape index (κ2) is 35.4. The first kappa shape index (κ1) is 50.7. The highest BCUT2D eigenvalue weighted by molar-refractivity contribution is 7.47. The molecule has 0 fully saturated rings. The Morgan fingerprint density at radius 3 is 1.58 bits per heavy atom. The molecule has 0 rings (SSSR count). The van der Waals surface area contributed by atoms with E-state index in [1.165, 1.54) is 44.9 Å². The number of quaternary nitrogens is 1. The zero-order valence-corrected chi connectivity index (χ0v) is 35.1. The smallest absolute Gasteiger partial charge is 0.462 e. The summed E-state index contributed by atoms with van der Waals surface area (Å²) in [4.78, 5) is 35.2. The molecule has 0 bridgehead atoms. The van der Waals surface area contributed by atoms with Crippen LogP contribution in [-0.2, 0) is 32.7 Å². The Bertz CT molecular complexity index is 1090. The monoisotopic (exact) mass is 767 g/mol. The summed E-state index contributed by atoms with van der Waals surface area (Å²) in [7, 11) is 1.43. The minimum Gasteiger partial charge on any atom is -0.462 e. The highest BCUT2D eigenvalue weighted by Crippen LogP contribution is 2.43. The van der Waals surface area contributed by atoms with Crippen molar-refractivity contribution in [2.75, 3.05) is 47.5 Å². The van der Waals surface area contributed by atoms with Crippen LogP contribution in [0.3, 0.4) is 0 Å². The Balaban J connectivity index is 4.51. The predicted octanol–water partition coefficient (Wildman–Crippen LogP) is 11.3. The largest absolute Gasteiger partial charge is 0.472 e. The molecule has 0 spiro atoms. The number of carbonyl (C=O) groups is 2. The lowest BCUT2D eigenvalue weighted by molar-refractivity contribution is -0.870. The second-order valence-electron chi connectivity index (χ2n) is 14.7. The molecule has 0 amide bonds. The molecule has 306 valence electrons. The van der Waals surface area contributed by atoms with Gasteiger partial charge < -0.3 is 18.9 Å². The molecule has 1 unspecified atom stereocenters. The molecule has 0 aliphatic carbocycles. The van der Waals surface area contributed by atoms with E-state index >= 15 is 0 Å². The van der Waals surface area contributed by atoms with E-state index in [1.54, 1.807) is 0 Å². The summed E-state index contributed by atoms with van der Waals surface area (Å²) < 4.78 is 34.1. The van der Waals surface area contributed by atoms with Crippen LogP contribution in [0.2, 0.25) is 0 Å². The van der Waals surface area contributed by atoms with Gasteiger partial charge in [0.25, 0.3) is 0 Å². The predicted molar refractivity (Wildman–Crippen MR) is 219 cm³/mol. The van der Waals surface area contributed by atoms with E-state index < -0.39 is 32.5 Å². The first-order valence-electron chi connectivity index (χ1n) is 20.5. The van der Waals surface area contributed by atoms with Gasteiger partial charge in [0, 0.05) is 12.8 Å². The van der Waals surface area contributed by atoms with Crippen molar-refractivity contribution in [1.82, 2.24) is 0 Å². The minimum absolute atomic E-state index is 0.0193. The van der Waals surface area contributed by atoms with Crippen LogP contribution in [0.1, 0.15) is 149 Å². The van der Waals surface area contributed by atoms with Crippen molar-refractivity contribution in [3.63, 3.8) is 0 Å². The van der Waals surface area contributed by atoms with Crippen LogP contribution in [0.5, 0.6) is 0 Å². The van der Waals surface area contributed by atoms with E-state index in [0.717, 1.165) is 64.2 Å². The Morgan fingerprint density at radius 2 is 1.04 bits per heavy atom. The van der Waals surface area contributed by atoms with E-state index in [1.807, 2.05) is 21.1 Å². The highest BCUT2D eigenvalue weighted by atomic mass is 31.2. The lowest BCUT2D eigenvalue weighted by atomic mass is 10.1. The number of phosphoric ester groups is 1. The van der Waals surface area contributed by atoms with Crippen LogP contribution in [0.25, 0.3) is 0 Å². The quantitative estimate of drug-likeness (QED) is 0.0221. The fraction of sp³-hybridized carbons (Fsp3) is 0.721. The summed E-state index contributed by atoms with van der Waals surface area (Å²) >= 11 is 0. The van der Waals surface area contributed by atoms with Gasteiger partial charge in [-0.15, -0.1) is 0 Å². The van der Waals surface area contributed by atoms with Crippen LogP contribution >= 0.6 is 7.82 Å². The summed E-state index contributed by atoms with van der Waals surface area (Å²) in [6.45, 7) is 4.27. The second-order valence-corrected chi connectivity index (χ2v) is 16.1.